The molecule has 0 bridgehead atoms. The van der Waals surface area contributed by atoms with Crippen LogP contribution in [0.25, 0.3) is 0 Å². The Morgan fingerprint density at radius 2 is 1.88 bits per heavy atom. The summed E-state index contributed by atoms with van der Waals surface area (Å²) in [6, 6.07) is 7.62. The molecule has 2 radical (unpaired) electrons. The number of amides is 1. The van der Waals surface area contributed by atoms with Crippen molar-refractivity contribution in [2.75, 3.05) is 0 Å². The highest BCUT2D eigenvalue weighted by Crippen LogP contribution is 2.10. The van der Waals surface area contributed by atoms with Gasteiger partial charge in [0.05, 0.1) is 0 Å². The standard InChI is InChI=1S/C10H11ClNO.Al.2H2O/c1-8(13)12-7-6-9-2-4-10(11)5-3-9;;;/h2-5,7H,6H2,1H3,(H,12,13);;2*1H2. The number of nitrogens with one attached hydrogen (secondary N) is 1. The first-order valence-corrected chi connectivity index (χ1v) is 5.39. The van der Waals surface area contributed by atoms with E-state index < -0.39 is 0 Å². The Hall–Kier alpha value is -0.568. The van der Waals surface area contributed by atoms with Crippen molar-refractivity contribution in [1.82, 2.24) is 5.32 Å². The van der Waals surface area contributed by atoms with E-state index in [4.69, 9.17) is 11.6 Å². The maximum absolute atomic E-state index is 10.8. The Balaban J connectivity index is 0. The van der Waals surface area contributed by atoms with Gasteiger partial charge in [-0.3, -0.25) is 4.79 Å². The molecule has 88 valence electrons. The first-order valence-electron chi connectivity index (χ1n) is 4.35. The highest BCUT2D eigenvalue weighted by molar-refractivity contribution is 6.30. The molecule has 5 N–H and O–H groups in total. The van der Waals surface area contributed by atoms with Crippen LogP contribution in [-0.4, -0.2) is 38.1 Å². The third kappa shape index (κ3) is 6.83. The first kappa shape index (κ1) is 17.8. The summed E-state index contributed by atoms with van der Waals surface area (Å²) in [5.41, 5.74) is 1.16. The molecule has 0 fully saturated rings. The van der Waals surface area contributed by atoms with Gasteiger partial charge in [-0.15, -0.1) is 0 Å². The fourth-order valence-corrected chi connectivity index (χ4v) is 1.82. The monoisotopic (exact) mass is 259 g/mol. The molecule has 4 nitrogen and oxygen atoms in total. The molecular weight excluding hydrogens is 245 g/mol. The van der Waals surface area contributed by atoms with E-state index in [2.05, 4.69) is 21.6 Å². The molecule has 1 aromatic rings. The summed E-state index contributed by atoms with van der Waals surface area (Å²) >= 11 is 8.36. The van der Waals surface area contributed by atoms with E-state index in [-0.39, 0.29) is 21.8 Å². The minimum Gasteiger partial charge on any atom is -0.412 e. The highest BCUT2D eigenvalue weighted by Gasteiger charge is 2.03. The molecule has 0 saturated heterocycles. The number of halogens is 1. The molecule has 0 aliphatic rings. The Kier molecular flexibility index (Phi) is 9.54. The summed E-state index contributed by atoms with van der Waals surface area (Å²) < 4.78 is 0. The van der Waals surface area contributed by atoms with Crippen LogP contribution in [-0.2, 0) is 11.2 Å². The summed E-state index contributed by atoms with van der Waals surface area (Å²) in [6.07, 6.45) is 0.793. The quantitative estimate of drug-likeness (QED) is 0.752. The van der Waals surface area contributed by atoms with E-state index in [1.54, 1.807) is 0 Å². The van der Waals surface area contributed by atoms with Gasteiger partial charge in [-0.2, -0.15) is 0 Å². The predicted molar refractivity (Wildman–Crippen MR) is 65.7 cm³/mol. The zero-order valence-corrected chi connectivity index (χ0v) is 10.9. The summed E-state index contributed by atoms with van der Waals surface area (Å²) in [5.74, 6) is -0.0148. The van der Waals surface area contributed by atoms with E-state index in [9.17, 15) is 4.79 Å². The number of hydrogen-bond donors (Lipinski definition) is 1. The molecule has 0 aliphatic carbocycles. The van der Waals surface area contributed by atoms with Crippen LogP contribution < -0.4 is 5.32 Å². The van der Waals surface area contributed by atoms with Crippen molar-refractivity contribution in [2.24, 2.45) is 0 Å². The van der Waals surface area contributed by atoms with Gasteiger partial charge >= 0.3 is 0 Å². The molecule has 0 unspecified atom stereocenters. The smallest absolute Gasteiger partial charge is 0.215 e. The molecule has 1 rings (SSSR count). The molecule has 6 heteroatoms. The number of carbonyl (C=O) groups excluding carboxylic acids is 1. The van der Waals surface area contributed by atoms with Crippen LogP contribution >= 0.6 is 11.6 Å². The van der Waals surface area contributed by atoms with Crippen LogP contribution in [0.4, 0.5) is 0 Å². The Labute approximate surface area is 108 Å². The van der Waals surface area contributed by atoms with Gasteiger partial charge in [-0.05, 0) is 29.0 Å². The molecular formula is C10H15AlClNO3. The lowest BCUT2D eigenvalue weighted by molar-refractivity contribution is -0.119. The van der Waals surface area contributed by atoms with Crippen molar-refractivity contribution in [2.45, 2.75) is 18.2 Å². The summed E-state index contributed by atoms with van der Waals surface area (Å²) in [7, 11) is 0. The zero-order chi connectivity index (χ0) is 10.6. The SMILES string of the molecule is CC(=O)N[C@H]([Al])Cc1ccc(Cl)cc1.O.O. The van der Waals surface area contributed by atoms with Crippen LogP contribution in [0.15, 0.2) is 24.3 Å². The second-order valence-corrected chi connectivity index (χ2v) is 4.38. The third-order valence-electron chi connectivity index (χ3n) is 1.76. The molecule has 1 atom stereocenters. The van der Waals surface area contributed by atoms with E-state index in [1.165, 1.54) is 6.92 Å². The summed E-state index contributed by atoms with van der Waals surface area (Å²) in [5, 5.41) is 3.53. The van der Waals surface area contributed by atoms with E-state index in [0.717, 1.165) is 17.0 Å². The van der Waals surface area contributed by atoms with Gasteiger partial charge in [0.1, 0.15) is 0 Å². The van der Waals surface area contributed by atoms with Crippen molar-refractivity contribution in [3.63, 3.8) is 0 Å². The fourth-order valence-electron chi connectivity index (χ4n) is 1.19. The number of carbonyl (C=O) groups is 1. The van der Waals surface area contributed by atoms with Crippen molar-refractivity contribution in [1.29, 1.82) is 0 Å². The zero-order valence-electron chi connectivity index (χ0n) is 8.96. The Morgan fingerprint density at radius 3 is 2.31 bits per heavy atom. The normalized spacial score (nSPS) is 10.6. The second kappa shape index (κ2) is 8.57. The molecule has 0 aliphatic heterocycles. The molecule has 1 amide bonds. The average molecular weight is 260 g/mol. The highest BCUT2D eigenvalue weighted by atomic mass is 35.5. The van der Waals surface area contributed by atoms with Gasteiger partial charge in [0.25, 0.3) is 0 Å². The second-order valence-electron chi connectivity index (χ2n) is 3.14. The number of rotatable bonds is 3. The maximum Gasteiger partial charge on any atom is 0.215 e. The van der Waals surface area contributed by atoms with Gasteiger partial charge in [-0.25, -0.2) is 0 Å². The lowest BCUT2D eigenvalue weighted by Gasteiger charge is -2.13. The van der Waals surface area contributed by atoms with Crippen molar-refractivity contribution in [3.05, 3.63) is 34.9 Å². The van der Waals surface area contributed by atoms with Crippen molar-refractivity contribution < 1.29 is 15.7 Å². The van der Waals surface area contributed by atoms with Gasteiger partial charge in [0.15, 0.2) is 16.3 Å². The summed E-state index contributed by atoms with van der Waals surface area (Å²) in [4.78, 5) is 10.8. The van der Waals surface area contributed by atoms with Gasteiger partial charge in [-0.1, -0.05) is 23.7 Å². The molecule has 16 heavy (non-hydrogen) atoms. The molecule has 0 spiro atoms. The van der Waals surface area contributed by atoms with Crippen LogP contribution in [0.5, 0.6) is 0 Å². The first-order chi connectivity index (χ1) is 6.58. The van der Waals surface area contributed by atoms with Gasteiger partial charge in [0.2, 0.25) is 5.91 Å². The third-order valence-corrected chi connectivity index (χ3v) is 2.41. The minimum atomic E-state index is -0.0148. The lowest BCUT2D eigenvalue weighted by atomic mass is 10.1. The maximum atomic E-state index is 10.8. The summed E-state index contributed by atoms with van der Waals surface area (Å²) in [6.45, 7) is 1.51. The molecule has 0 saturated carbocycles. The minimum absolute atomic E-state index is 0. The van der Waals surface area contributed by atoms with Crippen molar-refractivity contribution in [3.8, 4) is 0 Å². The van der Waals surface area contributed by atoms with Crippen LogP contribution in [0, 0.1) is 0 Å². The molecule has 0 aromatic heterocycles. The van der Waals surface area contributed by atoms with Crippen LogP contribution in [0.2, 0.25) is 5.02 Å². The van der Waals surface area contributed by atoms with E-state index in [1.807, 2.05) is 24.3 Å². The van der Waals surface area contributed by atoms with Crippen LogP contribution in [0.3, 0.4) is 0 Å². The Morgan fingerprint density at radius 1 is 1.38 bits per heavy atom. The lowest BCUT2D eigenvalue weighted by Crippen LogP contribution is -2.34. The van der Waals surface area contributed by atoms with Gasteiger partial charge in [0, 0.05) is 11.9 Å². The molecule has 0 heterocycles. The average Bonchev–Trinajstić information content (AvgIpc) is 2.07. The van der Waals surface area contributed by atoms with E-state index >= 15 is 0 Å². The van der Waals surface area contributed by atoms with Crippen molar-refractivity contribution >= 4 is 33.8 Å². The topological polar surface area (TPSA) is 92.1 Å². The fraction of sp³-hybridized carbons (Fsp3) is 0.300. The van der Waals surface area contributed by atoms with Crippen LogP contribution in [0.1, 0.15) is 12.5 Å². The predicted octanol–water partition coefficient (Wildman–Crippen LogP) is -0.136. The largest absolute Gasteiger partial charge is 0.412 e. The number of hydrogen-bond acceptors (Lipinski definition) is 1. The molecule has 1 aromatic carbocycles. The van der Waals surface area contributed by atoms with E-state index in [0.29, 0.717) is 0 Å². The van der Waals surface area contributed by atoms with Gasteiger partial charge < -0.3 is 16.3 Å². The number of benzene rings is 1. The Bertz CT molecular complexity index is 318.